The molecule has 2 atom stereocenters. The van der Waals surface area contributed by atoms with Crippen molar-refractivity contribution >= 4 is 0 Å². The maximum absolute atomic E-state index is 8.42. The normalized spacial score (nSPS) is 18.0. The fourth-order valence-corrected chi connectivity index (χ4v) is 0.298. The monoisotopic (exact) mass is 122 g/mol. The molecule has 4 nitrogen and oxygen atoms in total. The fourth-order valence-electron chi connectivity index (χ4n) is 0.298. The zero-order chi connectivity index (χ0) is 6.57. The molecule has 0 aliphatic rings. The van der Waals surface area contributed by atoms with Crippen LogP contribution in [-0.4, -0.2) is 35.5 Å². The van der Waals surface area contributed by atoms with E-state index in [1.165, 1.54) is 0 Å². The minimum Gasteiger partial charge on any atom is -0.390 e. The minimum absolute atomic E-state index is 0.00523. The second kappa shape index (κ2) is 3.80. The fraction of sp³-hybridized carbons (Fsp3) is 1.00. The van der Waals surface area contributed by atoms with Crippen molar-refractivity contribution in [2.45, 2.75) is 12.1 Å². The molecule has 0 aliphatic carbocycles. The van der Waals surface area contributed by atoms with Gasteiger partial charge in [-0.25, -0.2) is 0 Å². The van der Waals surface area contributed by atoms with Gasteiger partial charge in [0.2, 0.25) is 0 Å². The van der Waals surface area contributed by atoms with Crippen LogP contribution >= 0.6 is 0 Å². The van der Waals surface area contributed by atoms with Crippen molar-refractivity contribution in [2.24, 2.45) is 0 Å². The van der Waals surface area contributed by atoms with Crippen LogP contribution in [0.2, 0.25) is 0 Å². The molecule has 0 spiro atoms. The molecular formula is C4H14N2O2+2. The predicted molar refractivity (Wildman–Crippen MR) is 27.5 cm³/mol. The van der Waals surface area contributed by atoms with E-state index < -0.39 is 0 Å². The summed E-state index contributed by atoms with van der Waals surface area (Å²) in [6.07, 6.45) is 0. The van der Waals surface area contributed by atoms with Gasteiger partial charge in [-0.3, -0.25) is 0 Å². The predicted octanol–water partition coefficient (Wildman–Crippen LogP) is -3.81. The standard InChI is InChI=1S/C4H12N2O2/c5-3(1-7)4(6)2-8/h3-4,7-8H,1-2,5-6H2/p+2/t3-,4-/m0/s1. The molecular weight excluding hydrogens is 108 g/mol. The van der Waals surface area contributed by atoms with Crippen LogP contribution in [0.4, 0.5) is 0 Å². The molecule has 8 heavy (non-hydrogen) atoms. The molecule has 4 heteroatoms. The van der Waals surface area contributed by atoms with E-state index in [0.29, 0.717) is 0 Å². The lowest BCUT2D eigenvalue weighted by Gasteiger charge is -2.06. The van der Waals surface area contributed by atoms with Crippen molar-refractivity contribution in [2.75, 3.05) is 13.2 Å². The molecule has 0 aromatic heterocycles. The first kappa shape index (κ1) is 7.84. The molecule has 0 bridgehead atoms. The summed E-state index contributed by atoms with van der Waals surface area (Å²) in [5.41, 5.74) is 7.11. The number of rotatable bonds is 3. The van der Waals surface area contributed by atoms with Gasteiger partial charge in [0.1, 0.15) is 13.2 Å². The van der Waals surface area contributed by atoms with Crippen LogP contribution in [0.1, 0.15) is 0 Å². The third-order valence-corrected chi connectivity index (χ3v) is 1.14. The summed E-state index contributed by atoms with van der Waals surface area (Å²) in [6, 6.07) is -0.278. The Morgan fingerprint density at radius 2 is 1.25 bits per heavy atom. The Kier molecular flexibility index (Phi) is 3.72. The lowest BCUT2D eigenvalue weighted by atomic mass is 10.2. The van der Waals surface area contributed by atoms with Crippen LogP contribution in [0.3, 0.4) is 0 Å². The Hall–Kier alpha value is -0.160. The van der Waals surface area contributed by atoms with E-state index in [2.05, 4.69) is 11.5 Å². The Balaban J connectivity index is 3.29. The highest BCUT2D eigenvalue weighted by Crippen LogP contribution is 1.75. The highest BCUT2D eigenvalue weighted by molar-refractivity contribution is 4.59. The van der Waals surface area contributed by atoms with E-state index in [-0.39, 0.29) is 25.3 Å². The number of aliphatic hydroxyl groups excluding tert-OH is 2. The summed E-state index contributed by atoms with van der Waals surface area (Å²) in [4.78, 5) is 0. The molecule has 0 radical (unpaired) electrons. The van der Waals surface area contributed by atoms with Gasteiger partial charge in [-0.15, -0.1) is 0 Å². The molecule has 0 aromatic rings. The maximum Gasteiger partial charge on any atom is 0.162 e. The average Bonchev–Trinajstić information content (AvgIpc) is 1.84. The first-order chi connectivity index (χ1) is 3.72. The molecule has 0 aromatic carbocycles. The highest BCUT2D eigenvalue weighted by atomic mass is 16.3. The zero-order valence-corrected chi connectivity index (χ0v) is 4.88. The average molecular weight is 122 g/mol. The van der Waals surface area contributed by atoms with Crippen molar-refractivity contribution in [1.82, 2.24) is 0 Å². The van der Waals surface area contributed by atoms with E-state index in [0.717, 1.165) is 0 Å². The third-order valence-electron chi connectivity index (χ3n) is 1.14. The summed E-state index contributed by atoms with van der Waals surface area (Å²) in [5, 5.41) is 16.8. The Bertz CT molecular complexity index is 52.0. The third kappa shape index (κ3) is 2.23. The van der Waals surface area contributed by atoms with Crippen LogP contribution < -0.4 is 11.5 Å². The highest BCUT2D eigenvalue weighted by Gasteiger charge is 2.16. The van der Waals surface area contributed by atoms with Crippen LogP contribution in [-0.2, 0) is 0 Å². The molecule has 50 valence electrons. The molecule has 0 heterocycles. The van der Waals surface area contributed by atoms with Crippen LogP contribution in [0.5, 0.6) is 0 Å². The molecule has 0 rings (SSSR count). The van der Waals surface area contributed by atoms with Gasteiger partial charge in [0.05, 0.1) is 0 Å². The van der Waals surface area contributed by atoms with Gasteiger partial charge in [-0.1, -0.05) is 0 Å². The quantitative estimate of drug-likeness (QED) is 0.309. The first-order valence-electron chi connectivity index (χ1n) is 2.60. The van der Waals surface area contributed by atoms with E-state index in [9.17, 15) is 0 Å². The SMILES string of the molecule is [NH3+][C@@H](CO)[C@@H]([NH3+])CO. The number of quaternary nitrogens is 2. The Labute approximate surface area is 48.1 Å². The van der Waals surface area contributed by atoms with Gasteiger partial charge < -0.3 is 21.7 Å². The first-order valence-corrected chi connectivity index (χ1v) is 2.60. The molecule has 0 saturated heterocycles. The molecule has 0 amide bonds. The van der Waals surface area contributed by atoms with Crippen LogP contribution in [0, 0.1) is 0 Å². The summed E-state index contributed by atoms with van der Waals surface area (Å²) >= 11 is 0. The van der Waals surface area contributed by atoms with Gasteiger partial charge in [-0.05, 0) is 0 Å². The van der Waals surface area contributed by atoms with Crippen molar-refractivity contribution in [3.05, 3.63) is 0 Å². The van der Waals surface area contributed by atoms with Gasteiger partial charge in [0, 0.05) is 0 Å². The summed E-state index contributed by atoms with van der Waals surface area (Å²) in [6.45, 7) is -0.0105. The number of hydrogen-bond acceptors (Lipinski definition) is 2. The largest absolute Gasteiger partial charge is 0.390 e. The van der Waals surface area contributed by atoms with E-state index in [1.54, 1.807) is 0 Å². The number of hydrogen-bond donors (Lipinski definition) is 4. The maximum atomic E-state index is 8.42. The van der Waals surface area contributed by atoms with Crippen molar-refractivity contribution < 1.29 is 21.7 Å². The van der Waals surface area contributed by atoms with Crippen molar-refractivity contribution in [1.29, 1.82) is 0 Å². The zero-order valence-electron chi connectivity index (χ0n) is 4.88. The number of aliphatic hydroxyl groups is 2. The van der Waals surface area contributed by atoms with Gasteiger partial charge in [0.15, 0.2) is 12.1 Å². The summed E-state index contributed by atoms with van der Waals surface area (Å²) in [7, 11) is 0. The van der Waals surface area contributed by atoms with E-state index in [1.807, 2.05) is 0 Å². The molecule has 8 N–H and O–H groups in total. The second-order valence-corrected chi connectivity index (χ2v) is 1.89. The Morgan fingerprint density at radius 1 is 1.00 bits per heavy atom. The minimum atomic E-state index is -0.139. The molecule has 0 aliphatic heterocycles. The molecule has 0 saturated carbocycles. The van der Waals surface area contributed by atoms with Crippen LogP contribution in [0.15, 0.2) is 0 Å². The van der Waals surface area contributed by atoms with E-state index in [4.69, 9.17) is 10.2 Å². The van der Waals surface area contributed by atoms with Crippen molar-refractivity contribution in [3.63, 3.8) is 0 Å². The summed E-state index contributed by atoms with van der Waals surface area (Å²) < 4.78 is 0. The van der Waals surface area contributed by atoms with Gasteiger partial charge in [-0.2, -0.15) is 0 Å². The van der Waals surface area contributed by atoms with E-state index >= 15 is 0 Å². The van der Waals surface area contributed by atoms with Gasteiger partial charge in [0.25, 0.3) is 0 Å². The lowest BCUT2D eigenvalue weighted by Crippen LogP contribution is -2.81. The Morgan fingerprint density at radius 3 is 1.38 bits per heavy atom. The van der Waals surface area contributed by atoms with Crippen molar-refractivity contribution in [3.8, 4) is 0 Å². The second-order valence-electron chi connectivity index (χ2n) is 1.89. The lowest BCUT2D eigenvalue weighted by molar-refractivity contribution is -0.534. The molecule has 0 unspecified atom stereocenters. The molecule has 0 fully saturated rings. The van der Waals surface area contributed by atoms with Crippen LogP contribution in [0.25, 0.3) is 0 Å². The smallest absolute Gasteiger partial charge is 0.162 e. The van der Waals surface area contributed by atoms with Gasteiger partial charge >= 0.3 is 0 Å². The topological polar surface area (TPSA) is 95.7 Å². The summed E-state index contributed by atoms with van der Waals surface area (Å²) in [5.74, 6) is 0.